The summed E-state index contributed by atoms with van der Waals surface area (Å²) in [5, 5.41) is 8.87. The largest absolute Gasteiger partial charge is 0.481 e. The number of carbonyl (C=O) groups is 1. The highest BCUT2D eigenvalue weighted by Gasteiger charge is 2.26. The lowest BCUT2D eigenvalue weighted by molar-refractivity contribution is -0.138. The fraction of sp³-hybridized carbons (Fsp3) is 0.214. The van der Waals surface area contributed by atoms with Crippen molar-refractivity contribution in [3.63, 3.8) is 0 Å². The van der Waals surface area contributed by atoms with Crippen molar-refractivity contribution < 1.29 is 9.90 Å². The van der Waals surface area contributed by atoms with Gasteiger partial charge in [0.05, 0.1) is 12.0 Å². The van der Waals surface area contributed by atoms with Gasteiger partial charge < -0.3 is 10.8 Å². The topological polar surface area (TPSA) is 63.3 Å². The van der Waals surface area contributed by atoms with Crippen LogP contribution in [0.5, 0.6) is 0 Å². The summed E-state index contributed by atoms with van der Waals surface area (Å²) in [5.74, 6) is -0.943. The van der Waals surface area contributed by atoms with Crippen molar-refractivity contribution in [1.29, 1.82) is 0 Å². The highest BCUT2D eigenvalue weighted by atomic mass is 16.4. The molecule has 0 aliphatic heterocycles. The van der Waals surface area contributed by atoms with Gasteiger partial charge in [0.1, 0.15) is 0 Å². The van der Waals surface area contributed by atoms with Crippen LogP contribution in [0.3, 0.4) is 0 Å². The molecule has 1 aromatic carbocycles. The Hall–Kier alpha value is -1.87. The van der Waals surface area contributed by atoms with E-state index < -0.39 is 11.5 Å². The van der Waals surface area contributed by atoms with Gasteiger partial charge in [-0.25, -0.2) is 0 Å². The molecule has 1 aromatic rings. The molecule has 0 bridgehead atoms. The van der Waals surface area contributed by atoms with E-state index >= 15 is 0 Å². The second kappa shape index (κ2) is 5.46. The molecule has 3 N–H and O–H groups in total. The van der Waals surface area contributed by atoms with Crippen molar-refractivity contribution in [3.8, 4) is 0 Å². The Morgan fingerprint density at radius 1 is 1.47 bits per heavy atom. The zero-order valence-corrected chi connectivity index (χ0v) is 9.73. The third-order valence-electron chi connectivity index (χ3n) is 2.65. The molecule has 3 heteroatoms. The molecular formula is C14H17NO2. The monoisotopic (exact) mass is 231 g/mol. The fourth-order valence-corrected chi connectivity index (χ4v) is 1.70. The summed E-state index contributed by atoms with van der Waals surface area (Å²) < 4.78 is 0. The molecule has 0 saturated heterocycles. The number of aliphatic carboxylic acids is 1. The number of rotatable bonds is 6. The molecule has 1 rings (SSSR count). The highest BCUT2D eigenvalue weighted by Crippen LogP contribution is 2.24. The normalized spacial score (nSPS) is 13.7. The van der Waals surface area contributed by atoms with E-state index in [1.807, 2.05) is 24.3 Å². The van der Waals surface area contributed by atoms with Crippen LogP contribution in [0.15, 0.2) is 49.6 Å². The Bertz CT molecular complexity index is 440. The maximum absolute atomic E-state index is 10.8. The molecule has 0 spiro atoms. The molecule has 0 aliphatic carbocycles. The molecule has 0 radical (unpaired) electrons. The van der Waals surface area contributed by atoms with Crippen LogP contribution in [0.4, 0.5) is 0 Å². The van der Waals surface area contributed by atoms with Crippen LogP contribution in [-0.4, -0.2) is 11.1 Å². The molecule has 90 valence electrons. The van der Waals surface area contributed by atoms with Crippen molar-refractivity contribution >= 4 is 5.97 Å². The summed E-state index contributed by atoms with van der Waals surface area (Å²) in [5.41, 5.74) is 6.85. The van der Waals surface area contributed by atoms with Gasteiger partial charge in [-0.15, -0.1) is 13.2 Å². The van der Waals surface area contributed by atoms with E-state index in [1.165, 1.54) is 6.08 Å². The van der Waals surface area contributed by atoms with Gasteiger partial charge in [0, 0.05) is 0 Å². The Kier molecular flexibility index (Phi) is 4.24. The van der Waals surface area contributed by atoms with Crippen LogP contribution in [0.1, 0.15) is 17.5 Å². The third kappa shape index (κ3) is 3.29. The SMILES string of the molecule is C=CCc1cccc(C(N)(C=C)CC(=O)O)c1. The summed E-state index contributed by atoms with van der Waals surface area (Å²) >= 11 is 0. The number of nitrogens with two attached hydrogens (primary N) is 1. The first-order chi connectivity index (χ1) is 8.01. The van der Waals surface area contributed by atoms with Crippen LogP contribution in [0.25, 0.3) is 0 Å². The molecule has 0 amide bonds. The van der Waals surface area contributed by atoms with Crippen molar-refractivity contribution in [3.05, 3.63) is 60.7 Å². The minimum atomic E-state index is -1.02. The molecule has 1 atom stereocenters. The van der Waals surface area contributed by atoms with Crippen LogP contribution in [0, 0.1) is 0 Å². The number of carboxylic acids is 1. The summed E-state index contributed by atoms with van der Waals surface area (Å²) in [6.45, 7) is 7.30. The lowest BCUT2D eigenvalue weighted by Crippen LogP contribution is -2.36. The van der Waals surface area contributed by atoms with E-state index in [2.05, 4.69) is 13.2 Å². The predicted octanol–water partition coefficient (Wildman–Crippen LogP) is 2.23. The van der Waals surface area contributed by atoms with E-state index in [1.54, 1.807) is 6.08 Å². The first kappa shape index (κ1) is 13.2. The summed E-state index contributed by atoms with van der Waals surface area (Å²) in [6.07, 6.45) is 3.83. The number of hydrogen-bond acceptors (Lipinski definition) is 2. The average molecular weight is 231 g/mol. The summed E-state index contributed by atoms with van der Waals surface area (Å²) in [4.78, 5) is 10.8. The van der Waals surface area contributed by atoms with Gasteiger partial charge in [-0.3, -0.25) is 4.79 Å². The van der Waals surface area contributed by atoms with Crippen LogP contribution in [0.2, 0.25) is 0 Å². The zero-order chi connectivity index (χ0) is 12.9. The molecule has 0 fully saturated rings. The number of hydrogen-bond donors (Lipinski definition) is 2. The Morgan fingerprint density at radius 3 is 2.71 bits per heavy atom. The quantitative estimate of drug-likeness (QED) is 0.738. The van der Waals surface area contributed by atoms with E-state index in [9.17, 15) is 4.79 Å². The summed E-state index contributed by atoms with van der Waals surface area (Å²) in [6, 6.07) is 7.53. The number of allylic oxidation sites excluding steroid dienone is 1. The van der Waals surface area contributed by atoms with Crippen molar-refractivity contribution in [1.82, 2.24) is 0 Å². The summed E-state index contributed by atoms with van der Waals surface area (Å²) in [7, 11) is 0. The van der Waals surface area contributed by atoms with Gasteiger partial charge in [0.15, 0.2) is 0 Å². The first-order valence-electron chi connectivity index (χ1n) is 5.36. The molecule has 0 saturated carbocycles. The lowest BCUT2D eigenvalue weighted by atomic mass is 9.86. The molecule has 0 aromatic heterocycles. The molecule has 0 heterocycles. The van der Waals surface area contributed by atoms with Crippen molar-refractivity contribution in [2.75, 3.05) is 0 Å². The predicted molar refractivity (Wildman–Crippen MR) is 68.7 cm³/mol. The maximum atomic E-state index is 10.8. The van der Waals surface area contributed by atoms with Gasteiger partial charge in [0.25, 0.3) is 0 Å². The Balaban J connectivity index is 3.10. The zero-order valence-electron chi connectivity index (χ0n) is 9.73. The van der Waals surface area contributed by atoms with E-state index in [0.29, 0.717) is 0 Å². The minimum Gasteiger partial charge on any atom is -0.481 e. The average Bonchev–Trinajstić information content (AvgIpc) is 2.29. The number of carboxylic acid groups (broad SMARTS) is 1. The van der Waals surface area contributed by atoms with Gasteiger partial charge in [-0.2, -0.15) is 0 Å². The smallest absolute Gasteiger partial charge is 0.305 e. The van der Waals surface area contributed by atoms with Crippen LogP contribution >= 0.6 is 0 Å². The third-order valence-corrected chi connectivity index (χ3v) is 2.65. The first-order valence-corrected chi connectivity index (χ1v) is 5.36. The standard InChI is InChI=1S/C14H17NO2/c1-3-6-11-7-5-8-12(9-11)14(15,4-2)10-13(16)17/h3-5,7-9H,1-2,6,10,15H2,(H,16,17). The van der Waals surface area contributed by atoms with Gasteiger partial charge >= 0.3 is 5.97 Å². The Labute approximate surface area is 101 Å². The molecule has 17 heavy (non-hydrogen) atoms. The van der Waals surface area contributed by atoms with E-state index in [4.69, 9.17) is 10.8 Å². The van der Waals surface area contributed by atoms with Gasteiger partial charge in [-0.05, 0) is 17.5 Å². The van der Waals surface area contributed by atoms with E-state index in [-0.39, 0.29) is 6.42 Å². The molecule has 3 nitrogen and oxygen atoms in total. The maximum Gasteiger partial charge on any atom is 0.305 e. The van der Waals surface area contributed by atoms with Gasteiger partial charge in [-0.1, -0.05) is 36.4 Å². The minimum absolute atomic E-state index is 0.173. The van der Waals surface area contributed by atoms with Crippen molar-refractivity contribution in [2.45, 2.75) is 18.4 Å². The molecule has 1 unspecified atom stereocenters. The fourth-order valence-electron chi connectivity index (χ4n) is 1.70. The lowest BCUT2D eigenvalue weighted by Gasteiger charge is -2.24. The second-order valence-corrected chi connectivity index (χ2v) is 4.01. The van der Waals surface area contributed by atoms with Gasteiger partial charge in [0.2, 0.25) is 0 Å². The van der Waals surface area contributed by atoms with Crippen LogP contribution in [-0.2, 0) is 16.8 Å². The Morgan fingerprint density at radius 2 is 2.18 bits per heavy atom. The molecular weight excluding hydrogens is 214 g/mol. The van der Waals surface area contributed by atoms with E-state index in [0.717, 1.165) is 17.5 Å². The van der Waals surface area contributed by atoms with Crippen molar-refractivity contribution in [2.24, 2.45) is 5.73 Å². The molecule has 0 aliphatic rings. The number of benzene rings is 1. The second-order valence-electron chi connectivity index (χ2n) is 4.01. The van der Waals surface area contributed by atoms with Crippen LogP contribution < -0.4 is 5.73 Å². The highest BCUT2D eigenvalue weighted by molar-refractivity contribution is 5.69.